The fraction of sp³-hybridized carbons (Fsp3) is 0.421. The summed E-state index contributed by atoms with van der Waals surface area (Å²) in [6.07, 6.45) is 4.24. The van der Waals surface area contributed by atoms with Crippen molar-refractivity contribution in [2.45, 2.75) is 25.8 Å². The summed E-state index contributed by atoms with van der Waals surface area (Å²) >= 11 is 3.54. The third-order valence-electron chi connectivity index (χ3n) is 4.46. The maximum absolute atomic E-state index is 4.78. The fourth-order valence-electron chi connectivity index (χ4n) is 3.15. The molecule has 3 nitrogen and oxygen atoms in total. The van der Waals surface area contributed by atoms with Gasteiger partial charge in [-0.15, -0.1) is 0 Å². The van der Waals surface area contributed by atoms with Crippen LogP contribution < -0.4 is 5.32 Å². The zero-order valence-corrected chi connectivity index (χ0v) is 15.2. The van der Waals surface area contributed by atoms with Gasteiger partial charge >= 0.3 is 0 Å². The van der Waals surface area contributed by atoms with Gasteiger partial charge in [0.2, 0.25) is 0 Å². The molecule has 0 amide bonds. The molecule has 4 heteroatoms. The van der Waals surface area contributed by atoms with Gasteiger partial charge in [-0.1, -0.05) is 41.1 Å². The number of aromatic nitrogens is 1. The van der Waals surface area contributed by atoms with E-state index in [0.29, 0.717) is 0 Å². The van der Waals surface area contributed by atoms with Crippen LogP contribution >= 0.6 is 15.9 Å². The molecule has 0 spiro atoms. The van der Waals surface area contributed by atoms with Crippen molar-refractivity contribution < 1.29 is 0 Å². The maximum atomic E-state index is 4.78. The van der Waals surface area contributed by atoms with E-state index in [9.17, 15) is 0 Å². The van der Waals surface area contributed by atoms with Crippen LogP contribution in [0.2, 0.25) is 0 Å². The molecule has 1 N–H and O–H groups in total. The van der Waals surface area contributed by atoms with Crippen molar-refractivity contribution in [1.82, 2.24) is 15.2 Å². The molecule has 1 fully saturated rings. The fourth-order valence-corrected chi connectivity index (χ4v) is 3.41. The molecule has 1 unspecified atom stereocenters. The standard InChI is InChI=1S/C19H24BrN3/c1-2-15-4-9-18(22-14-15)19(16-5-7-17(20)8-6-16)23-12-3-10-21-11-13-23/h4-9,14,19,21H,2-3,10-13H2,1H3. The lowest BCUT2D eigenvalue weighted by atomic mass is 10.0. The van der Waals surface area contributed by atoms with Crippen molar-refractivity contribution in [1.29, 1.82) is 0 Å². The molecular weight excluding hydrogens is 350 g/mol. The zero-order chi connectivity index (χ0) is 16.1. The summed E-state index contributed by atoms with van der Waals surface area (Å²) in [7, 11) is 0. The smallest absolute Gasteiger partial charge is 0.0776 e. The van der Waals surface area contributed by atoms with Gasteiger partial charge in [0.15, 0.2) is 0 Å². The molecule has 2 heterocycles. The maximum Gasteiger partial charge on any atom is 0.0776 e. The van der Waals surface area contributed by atoms with E-state index in [-0.39, 0.29) is 6.04 Å². The lowest BCUT2D eigenvalue weighted by Gasteiger charge is -2.30. The topological polar surface area (TPSA) is 28.2 Å². The average Bonchev–Trinajstić information content (AvgIpc) is 2.87. The predicted octanol–water partition coefficient (Wildman–Crippen LogP) is 3.79. The van der Waals surface area contributed by atoms with Crippen LogP contribution in [-0.2, 0) is 6.42 Å². The van der Waals surface area contributed by atoms with E-state index in [4.69, 9.17) is 4.98 Å². The Balaban J connectivity index is 1.95. The van der Waals surface area contributed by atoms with E-state index in [1.165, 1.54) is 17.5 Å². The lowest BCUT2D eigenvalue weighted by molar-refractivity contribution is 0.237. The molecule has 0 aliphatic carbocycles. The SMILES string of the molecule is CCc1ccc(C(c2ccc(Br)cc2)N2CCCNCC2)nc1. The summed E-state index contributed by atoms with van der Waals surface area (Å²) in [5.74, 6) is 0. The largest absolute Gasteiger partial charge is 0.315 e. The van der Waals surface area contributed by atoms with Crippen molar-refractivity contribution in [2.75, 3.05) is 26.2 Å². The first kappa shape index (κ1) is 16.6. The molecular formula is C19H24BrN3. The molecule has 3 rings (SSSR count). The molecule has 1 aliphatic rings. The van der Waals surface area contributed by atoms with Crippen LogP contribution in [-0.4, -0.2) is 36.1 Å². The van der Waals surface area contributed by atoms with Crippen LogP contribution in [0.5, 0.6) is 0 Å². The zero-order valence-electron chi connectivity index (χ0n) is 13.6. The molecule has 1 saturated heterocycles. The molecule has 0 saturated carbocycles. The Labute approximate surface area is 147 Å². The summed E-state index contributed by atoms with van der Waals surface area (Å²) in [4.78, 5) is 7.33. The first-order chi connectivity index (χ1) is 11.3. The van der Waals surface area contributed by atoms with Gasteiger partial charge in [-0.25, -0.2) is 0 Å². The number of pyridine rings is 1. The molecule has 1 aromatic carbocycles. The summed E-state index contributed by atoms with van der Waals surface area (Å²) in [5.41, 5.74) is 3.75. The predicted molar refractivity (Wildman–Crippen MR) is 98.7 cm³/mol. The number of nitrogens with one attached hydrogen (secondary N) is 1. The Morgan fingerprint density at radius 3 is 2.65 bits per heavy atom. The van der Waals surface area contributed by atoms with Gasteiger partial charge < -0.3 is 5.32 Å². The molecule has 1 aliphatic heterocycles. The van der Waals surface area contributed by atoms with Crippen LogP contribution in [0.4, 0.5) is 0 Å². The van der Waals surface area contributed by atoms with E-state index < -0.39 is 0 Å². The Morgan fingerprint density at radius 1 is 1.13 bits per heavy atom. The molecule has 2 aromatic rings. The number of aryl methyl sites for hydroxylation is 1. The van der Waals surface area contributed by atoms with Gasteiger partial charge in [-0.2, -0.15) is 0 Å². The van der Waals surface area contributed by atoms with Gasteiger partial charge in [0.25, 0.3) is 0 Å². The van der Waals surface area contributed by atoms with Gasteiger partial charge in [0.05, 0.1) is 11.7 Å². The first-order valence-electron chi connectivity index (χ1n) is 8.43. The Hall–Kier alpha value is -1.23. The van der Waals surface area contributed by atoms with Crippen LogP contribution in [0.15, 0.2) is 47.1 Å². The summed E-state index contributed by atoms with van der Waals surface area (Å²) in [6.45, 7) is 6.47. The molecule has 0 radical (unpaired) electrons. The minimum absolute atomic E-state index is 0.230. The Kier molecular flexibility index (Phi) is 5.81. The average molecular weight is 374 g/mol. The van der Waals surface area contributed by atoms with E-state index in [2.05, 4.69) is 69.5 Å². The quantitative estimate of drug-likeness (QED) is 0.883. The number of benzene rings is 1. The summed E-state index contributed by atoms with van der Waals surface area (Å²) in [6, 6.07) is 13.3. The van der Waals surface area contributed by atoms with Crippen molar-refractivity contribution in [3.8, 4) is 0 Å². The number of hydrogen-bond donors (Lipinski definition) is 1. The normalized spacial score (nSPS) is 17.7. The highest BCUT2D eigenvalue weighted by Crippen LogP contribution is 2.29. The highest BCUT2D eigenvalue weighted by atomic mass is 79.9. The molecule has 1 atom stereocenters. The highest BCUT2D eigenvalue weighted by molar-refractivity contribution is 9.10. The highest BCUT2D eigenvalue weighted by Gasteiger charge is 2.24. The molecule has 122 valence electrons. The van der Waals surface area contributed by atoms with E-state index in [1.54, 1.807) is 0 Å². The second-order valence-electron chi connectivity index (χ2n) is 6.04. The minimum atomic E-state index is 0.230. The number of halogens is 1. The first-order valence-corrected chi connectivity index (χ1v) is 9.22. The van der Waals surface area contributed by atoms with Gasteiger partial charge in [-0.3, -0.25) is 9.88 Å². The Morgan fingerprint density at radius 2 is 1.96 bits per heavy atom. The third-order valence-corrected chi connectivity index (χ3v) is 4.99. The molecule has 23 heavy (non-hydrogen) atoms. The number of nitrogens with zero attached hydrogens (tertiary/aromatic N) is 2. The van der Waals surface area contributed by atoms with Crippen molar-refractivity contribution in [3.63, 3.8) is 0 Å². The second-order valence-corrected chi connectivity index (χ2v) is 6.95. The van der Waals surface area contributed by atoms with E-state index >= 15 is 0 Å². The minimum Gasteiger partial charge on any atom is -0.315 e. The van der Waals surface area contributed by atoms with Crippen molar-refractivity contribution in [3.05, 3.63) is 63.9 Å². The van der Waals surface area contributed by atoms with Gasteiger partial charge in [0, 0.05) is 30.3 Å². The summed E-state index contributed by atoms with van der Waals surface area (Å²) < 4.78 is 1.12. The molecule has 1 aromatic heterocycles. The van der Waals surface area contributed by atoms with Crippen molar-refractivity contribution >= 4 is 15.9 Å². The second kappa shape index (κ2) is 8.04. The lowest BCUT2D eigenvalue weighted by Crippen LogP contribution is -2.33. The third kappa shape index (κ3) is 4.19. The van der Waals surface area contributed by atoms with Crippen LogP contribution in [0.25, 0.3) is 0 Å². The van der Waals surface area contributed by atoms with E-state index in [0.717, 1.165) is 42.8 Å². The van der Waals surface area contributed by atoms with E-state index in [1.807, 2.05) is 6.20 Å². The molecule has 0 bridgehead atoms. The van der Waals surface area contributed by atoms with Crippen LogP contribution in [0, 0.1) is 0 Å². The van der Waals surface area contributed by atoms with Gasteiger partial charge in [0.1, 0.15) is 0 Å². The Bertz CT molecular complexity index is 602. The van der Waals surface area contributed by atoms with Crippen molar-refractivity contribution in [2.24, 2.45) is 0 Å². The monoisotopic (exact) mass is 373 g/mol. The van der Waals surface area contributed by atoms with Gasteiger partial charge in [-0.05, 0) is 48.7 Å². The number of rotatable bonds is 4. The van der Waals surface area contributed by atoms with Crippen LogP contribution in [0.3, 0.4) is 0 Å². The van der Waals surface area contributed by atoms with Crippen LogP contribution in [0.1, 0.15) is 36.2 Å². The number of hydrogen-bond acceptors (Lipinski definition) is 3. The summed E-state index contributed by atoms with van der Waals surface area (Å²) in [5, 5.41) is 3.49.